The Bertz CT molecular complexity index is 150. The molecular weight excluding hydrogens is 150 g/mol. The molecule has 70 valence electrons. The van der Waals surface area contributed by atoms with Gasteiger partial charge in [-0.1, -0.05) is 0 Å². The second-order valence-corrected chi connectivity index (χ2v) is 4.32. The minimum absolute atomic E-state index is 0.236. The van der Waals surface area contributed by atoms with Crippen molar-refractivity contribution in [2.24, 2.45) is 4.99 Å². The first-order chi connectivity index (χ1) is 5.58. The molecule has 12 heavy (non-hydrogen) atoms. The zero-order chi connectivity index (χ0) is 9.03. The molecule has 0 bridgehead atoms. The first-order valence-electron chi connectivity index (χ1n) is 4.57. The third-order valence-electron chi connectivity index (χ3n) is 1.88. The van der Waals surface area contributed by atoms with Crippen molar-refractivity contribution < 1.29 is 0 Å². The largest absolute Gasteiger partial charge is 0.372 e. The molecule has 0 aromatic heterocycles. The van der Waals surface area contributed by atoms with Crippen LogP contribution in [0.25, 0.3) is 0 Å². The molecule has 1 aliphatic rings. The van der Waals surface area contributed by atoms with Gasteiger partial charge in [0.1, 0.15) is 0 Å². The molecule has 0 aromatic rings. The van der Waals surface area contributed by atoms with E-state index in [2.05, 4.69) is 36.4 Å². The van der Waals surface area contributed by atoms with Crippen LogP contribution in [0.4, 0.5) is 0 Å². The molecule has 1 unspecified atom stereocenters. The third-order valence-corrected chi connectivity index (χ3v) is 1.88. The summed E-state index contributed by atoms with van der Waals surface area (Å²) < 4.78 is 0. The van der Waals surface area contributed by atoms with Gasteiger partial charge in [-0.3, -0.25) is 4.99 Å². The molecule has 1 atom stereocenters. The Balaban J connectivity index is 2.03. The van der Waals surface area contributed by atoms with Gasteiger partial charge in [0.25, 0.3) is 0 Å². The van der Waals surface area contributed by atoms with Crippen LogP contribution in [0.15, 0.2) is 4.99 Å². The molecular formula is C9H19N3. The van der Waals surface area contributed by atoms with Gasteiger partial charge < -0.3 is 10.6 Å². The van der Waals surface area contributed by atoms with Crippen LogP contribution in [0.2, 0.25) is 0 Å². The highest BCUT2D eigenvalue weighted by Crippen LogP contribution is 2.00. The number of nitrogens with one attached hydrogen (secondary N) is 2. The van der Waals surface area contributed by atoms with E-state index in [0.717, 1.165) is 19.5 Å². The molecule has 1 heterocycles. The lowest BCUT2D eigenvalue weighted by Gasteiger charge is -2.21. The maximum absolute atomic E-state index is 4.12. The molecule has 0 amide bonds. The standard InChI is InChI=1S/C9H19N3/c1-9(2,3)12-5-4-8-6-10-7-11-8/h7-8,12H,4-6H2,1-3H3,(H,10,11). The van der Waals surface area contributed by atoms with E-state index in [-0.39, 0.29) is 5.54 Å². The van der Waals surface area contributed by atoms with Crippen molar-refractivity contribution in [2.45, 2.75) is 38.8 Å². The summed E-state index contributed by atoms with van der Waals surface area (Å²) in [7, 11) is 0. The highest BCUT2D eigenvalue weighted by Gasteiger charge is 2.12. The monoisotopic (exact) mass is 169 g/mol. The Morgan fingerprint density at radius 3 is 2.83 bits per heavy atom. The van der Waals surface area contributed by atoms with Crippen LogP contribution in [-0.4, -0.2) is 31.0 Å². The van der Waals surface area contributed by atoms with E-state index in [0.29, 0.717) is 6.04 Å². The maximum atomic E-state index is 4.12. The number of nitrogens with zero attached hydrogens (tertiary/aromatic N) is 1. The Kier molecular flexibility index (Phi) is 3.09. The SMILES string of the molecule is CC(C)(C)NCCC1CN=CN1. The first-order valence-corrected chi connectivity index (χ1v) is 4.57. The second-order valence-electron chi connectivity index (χ2n) is 4.32. The van der Waals surface area contributed by atoms with Crippen LogP contribution < -0.4 is 10.6 Å². The van der Waals surface area contributed by atoms with E-state index in [1.54, 1.807) is 0 Å². The topological polar surface area (TPSA) is 36.4 Å². The van der Waals surface area contributed by atoms with Crippen molar-refractivity contribution in [1.29, 1.82) is 0 Å². The van der Waals surface area contributed by atoms with E-state index in [4.69, 9.17) is 0 Å². The number of hydrogen-bond acceptors (Lipinski definition) is 3. The Hall–Kier alpha value is -0.570. The summed E-state index contributed by atoms with van der Waals surface area (Å²) in [5.74, 6) is 0. The molecule has 0 saturated heterocycles. The predicted octanol–water partition coefficient (Wildman–Crippen LogP) is 0.765. The highest BCUT2D eigenvalue weighted by molar-refractivity contribution is 5.57. The summed E-state index contributed by atoms with van der Waals surface area (Å²) in [6.45, 7) is 8.55. The second kappa shape index (κ2) is 3.90. The molecule has 0 saturated carbocycles. The fourth-order valence-electron chi connectivity index (χ4n) is 1.19. The van der Waals surface area contributed by atoms with Gasteiger partial charge in [0.2, 0.25) is 0 Å². The minimum atomic E-state index is 0.236. The van der Waals surface area contributed by atoms with Crippen molar-refractivity contribution in [2.75, 3.05) is 13.1 Å². The summed E-state index contributed by atoms with van der Waals surface area (Å²) in [5, 5.41) is 6.66. The number of aliphatic imine (C=N–C) groups is 1. The van der Waals surface area contributed by atoms with Crippen molar-refractivity contribution >= 4 is 6.34 Å². The molecule has 0 spiro atoms. The van der Waals surface area contributed by atoms with Gasteiger partial charge in [-0.05, 0) is 33.7 Å². The molecule has 2 N–H and O–H groups in total. The lowest BCUT2D eigenvalue weighted by molar-refractivity contribution is 0.408. The summed E-state index contributed by atoms with van der Waals surface area (Å²) in [6.07, 6.45) is 2.96. The molecule has 0 fully saturated rings. The summed E-state index contributed by atoms with van der Waals surface area (Å²) in [5.41, 5.74) is 0.236. The number of hydrogen-bond donors (Lipinski definition) is 2. The Labute approximate surface area is 74.6 Å². The Morgan fingerprint density at radius 2 is 2.33 bits per heavy atom. The zero-order valence-corrected chi connectivity index (χ0v) is 8.22. The molecule has 0 aliphatic carbocycles. The molecule has 3 nitrogen and oxygen atoms in total. The van der Waals surface area contributed by atoms with E-state index < -0.39 is 0 Å². The average Bonchev–Trinajstić information content (AvgIpc) is 2.36. The average molecular weight is 169 g/mol. The van der Waals surface area contributed by atoms with E-state index >= 15 is 0 Å². The van der Waals surface area contributed by atoms with Crippen molar-refractivity contribution in [3.8, 4) is 0 Å². The van der Waals surface area contributed by atoms with Crippen molar-refractivity contribution in [1.82, 2.24) is 10.6 Å². The zero-order valence-electron chi connectivity index (χ0n) is 8.22. The van der Waals surface area contributed by atoms with Crippen molar-refractivity contribution in [3.05, 3.63) is 0 Å². The quantitative estimate of drug-likeness (QED) is 0.654. The molecule has 1 aliphatic heterocycles. The Morgan fingerprint density at radius 1 is 1.58 bits per heavy atom. The molecule has 0 radical (unpaired) electrons. The van der Waals surface area contributed by atoms with Crippen LogP contribution in [0.3, 0.4) is 0 Å². The van der Waals surface area contributed by atoms with Crippen LogP contribution in [0.5, 0.6) is 0 Å². The fraction of sp³-hybridized carbons (Fsp3) is 0.889. The molecule has 1 rings (SSSR count). The van der Waals surface area contributed by atoms with Gasteiger partial charge in [-0.25, -0.2) is 0 Å². The van der Waals surface area contributed by atoms with Crippen LogP contribution in [-0.2, 0) is 0 Å². The van der Waals surface area contributed by atoms with Gasteiger partial charge in [0.05, 0.1) is 12.9 Å². The van der Waals surface area contributed by atoms with E-state index in [9.17, 15) is 0 Å². The van der Waals surface area contributed by atoms with E-state index in [1.165, 1.54) is 0 Å². The predicted molar refractivity (Wildman–Crippen MR) is 52.7 cm³/mol. The van der Waals surface area contributed by atoms with Gasteiger partial charge in [-0.15, -0.1) is 0 Å². The first kappa shape index (κ1) is 9.52. The number of rotatable bonds is 3. The van der Waals surface area contributed by atoms with Gasteiger partial charge in [0, 0.05) is 11.6 Å². The molecule has 3 heteroatoms. The lowest BCUT2D eigenvalue weighted by atomic mass is 10.1. The summed E-state index contributed by atoms with van der Waals surface area (Å²) in [4.78, 5) is 4.12. The van der Waals surface area contributed by atoms with Gasteiger partial charge in [-0.2, -0.15) is 0 Å². The molecule has 0 aromatic carbocycles. The van der Waals surface area contributed by atoms with Gasteiger partial charge in [0.15, 0.2) is 0 Å². The normalized spacial score (nSPS) is 22.8. The van der Waals surface area contributed by atoms with Gasteiger partial charge >= 0.3 is 0 Å². The smallest absolute Gasteiger partial charge is 0.0827 e. The van der Waals surface area contributed by atoms with E-state index in [1.807, 2.05) is 6.34 Å². The van der Waals surface area contributed by atoms with Crippen LogP contribution in [0.1, 0.15) is 27.2 Å². The third kappa shape index (κ3) is 3.72. The minimum Gasteiger partial charge on any atom is -0.372 e. The highest BCUT2D eigenvalue weighted by atomic mass is 15.1. The maximum Gasteiger partial charge on any atom is 0.0827 e. The van der Waals surface area contributed by atoms with Crippen LogP contribution in [0, 0.1) is 0 Å². The lowest BCUT2D eigenvalue weighted by Crippen LogP contribution is -2.39. The van der Waals surface area contributed by atoms with Crippen LogP contribution >= 0.6 is 0 Å². The summed E-state index contributed by atoms with van der Waals surface area (Å²) in [6, 6.07) is 0.555. The summed E-state index contributed by atoms with van der Waals surface area (Å²) >= 11 is 0. The fourth-order valence-corrected chi connectivity index (χ4v) is 1.19. The van der Waals surface area contributed by atoms with Crippen molar-refractivity contribution in [3.63, 3.8) is 0 Å².